The zero-order chi connectivity index (χ0) is 17.2. The third kappa shape index (κ3) is 3.22. The molecular weight excluding hydrogens is 328 g/mol. The zero-order valence-electron chi connectivity index (χ0n) is 14.2. The predicted octanol–water partition coefficient (Wildman–Crippen LogP) is 4.17. The quantitative estimate of drug-likeness (QED) is 0.712. The molecule has 0 saturated carbocycles. The van der Waals surface area contributed by atoms with Crippen LogP contribution < -0.4 is 0 Å². The predicted molar refractivity (Wildman–Crippen MR) is 101 cm³/mol. The molecule has 2 aromatic heterocycles. The second-order valence-electron chi connectivity index (χ2n) is 6.43. The van der Waals surface area contributed by atoms with Crippen molar-refractivity contribution in [3.8, 4) is 0 Å². The van der Waals surface area contributed by atoms with Gasteiger partial charge in [0, 0.05) is 23.3 Å². The van der Waals surface area contributed by atoms with Crippen LogP contribution in [0.2, 0.25) is 0 Å². The minimum atomic E-state index is 0.0158. The largest absolute Gasteiger partial charge is 0.331 e. The Morgan fingerprint density at radius 2 is 2.04 bits per heavy atom. The number of fused-ring (bicyclic) bond motifs is 1. The maximum Gasteiger partial charge on any atom is 0.227 e. The maximum atomic E-state index is 13.1. The second-order valence-corrected chi connectivity index (χ2v) is 7.43. The molecule has 0 radical (unpaired) electrons. The molecule has 0 saturated heterocycles. The van der Waals surface area contributed by atoms with Crippen LogP contribution in [0.4, 0.5) is 0 Å². The highest BCUT2D eigenvalue weighted by molar-refractivity contribution is 7.10. The standard InChI is InChI=1S/C21H20N2OS/c1-15-7-8-16(14-22-15)13-20(24)23-11-9-19-18(10-12-25-19)21(23)17-5-3-2-4-6-17/h2-8,10,12,14,21H,9,11,13H2,1H3. The number of thiophene rings is 1. The summed E-state index contributed by atoms with van der Waals surface area (Å²) in [6.45, 7) is 2.73. The van der Waals surface area contributed by atoms with Gasteiger partial charge in [0.2, 0.25) is 5.91 Å². The molecule has 1 unspecified atom stereocenters. The van der Waals surface area contributed by atoms with E-state index in [0.717, 1.165) is 24.2 Å². The van der Waals surface area contributed by atoms with Gasteiger partial charge in [0.25, 0.3) is 0 Å². The van der Waals surface area contributed by atoms with Gasteiger partial charge in [0.1, 0.15) is 0 Å². The minimum Gasteiger partial charge on any atom is -0.331 e. The van der Waals surface area contributed by atoms with Gasteiger partial charge < -0.3 is 4.90 Å². The molecule has 4 heteroatoms. The lowest BCUT2D eigenvalue weighted by atomic mass is 9.93. The number of carbonyl (C=O) groups is 1. The number of pyridine rings is 1. The summed E-state index contributed by atoms with van der Waals surface area (Å²) in [7, 11) is 0. The number of nitrogens with zero attached hydrogens (tertiary/aromatic N) is 2. The Hall–Kier alpha value is -2.46. The van der Waals surface area contributed by atoms with Crippen molar-refractivity contribution in [2.24, 2.45) is 0 Å². The summed E-state index contributed by atoms with van der Waals surface area (Å²) in [4.78, 5) is 20.8. The van der Waals surface area contributed by atoms with E-state index in [-0.39, 0.29) is 11.9 Å². The van der Waals surface area contributed by atoms with E-state index in [4.69, 9.17) is 0 Å². The number of hydrogen-bond acceptors (Lipinski definition) is 3. The molecule has 1 amide bonds. The van der Waals surface area contributed by atoms with Gasteiger partial charge in [-0.3, -0.25) is 9.78 Å². The SMILES string of the molecule is Cc1ccc(CC(=O)N2CCc3sccc3C2c2ccccc2)cn1. The van der Waals surface area contributed by atoms with E-state index in [0.29, 0.717) is 6.42 Å². The van der Waals surface area contributed by atoms with Crippen molar-refractivity contribution < 1.29 is 4.79 Å². The van der Waals surface area contributed by atoms with Crippen molar-refractivity contribution in [3.05, 3.63) is 87.4 Å². The molecule has 0 fully saturated rings. The van der Waals surface area contributed by atoms with Crippen molar-refractivity contribution in [2.45, 2.75) is 25.8 Å². The van der Waals surface area contributed by atoms with E-state index < -0.39 is 0 Å². The molecule has 1 aromatic carbocycles. The van der Waals surface area contributed by atoms with Gasteiger partial charge in [-0.05, 0) is 47.5 Å². The van der Waals surface area contributed by atoms with Crippen LogP contribution in [-0.2, 0) is 17.6 Å². The fourth-order valence-electron chi connectivity index (χ4n) is 3.46. The highest BCUT2D eigenvalue weighted by Crippen LogP contribution is 2.37. The van der Waals surface area contributed by atoms with E-state index in [1.165, 1.54) is 16.0 Å². The first-order chi connectivity index (χ1) is 12.2. The van der Waals surface area contributed by atoms with Crippen LogP contribution in [0.3, 0.4) is 0 Å². The van der Waals surface area contributed by atoms with E-state index in [9.17, 15) is 4.79 Å². The van der Waals surface area contributed by atoms with Gasteiger partial charge in [-0.15, -0.1) is 11.3 Å². The Morgan fingerprint density at radius 3 is 2.80 bits per heavy atom. The molecule has 25 heavy (non-hydrogen) atoms. The van der Waals surface area contributed by atoms with Crippen LogP contribution in [0.25, 0.3) is 0 Å². The average Bonchev–Trinajstić information content (AvgIpc) is 3.12. The van der Waals surface area contributed by atoms with Crippen LogP contribution in [0.1, 0.15) is 33.3 Å². The van der Waals surface area contributed by atoms with Gasteiger partial charge in [-0.2, -0.15) is 0 Å². The topological polar surface area (TPSA) is 33.2 Å². The van der Waals surface area contributed by atoms with Gasteiger partial charge in [-0.25, -0.2) is 0 Å². The lowest BCUT2D eigenvalue weighted by molar-refractivity contribution is -0.132. The van der Waals surface area contributed by atoms with Crippen LogP contribution in [0.15, 0.2) is 60.1 Å². The number of amides is 1. The summed E-state index contributed by atoms with van der Waals surface area (Å²) in [5.74, 6) is 0.163. The van der Waals surface area contributed by atoms with Gasteiger partial charge in [0.05, 0.1) is 12.5 Å². The summed E-state index contributed by atoms with van der Waals surface area (Å²) in [5, 5.41) is 2.14. The Labute approximate surface area is 152 Å². The monoisotopic (exact) mass is 348 g/mol. The summed E-state index contributed by atoms with van der Waals surface area (Å²) >= 11 is 1.80. The van der Waals surface area contributed by atoms with E-state index in [1.807, 2.05) is 48.4 Å². The highest BCUT2D eigenvalue weighted by atomic mass is 32.1. The molecule has 1 aliphatic rings. The number of rotatable bonds is 3. The first-order valence-electron chi connectivity index (χ1n) is 8.54. The van der Waals surface area contributed by atoms with Crippen LogP contribution in [0.5, 0.6) is 0 Å². The Kier molecular flexibility index (Phi) is 4.36. The van der Waals surface area contributed by atoms with Crippen molar-refractivity contribution in [1.82, 2.24) is 9.88 Å². The van der Waals surface area contributed by atoms with Crippen molar-refractivity contribution >= 4 is 17.2 Å². The summed E-state index contributed by atoms with van der Waals surface area (Å²) in [6.07, 6.45) is 3.15. The molecule has 126 valence electrons. The molecule has 3 aromatic rings. The van der Waals surface area contributed by atoms with E-state index in [1.54, 1.807) is 11.3 Å². The smallest absolute Gasteiger partial charge is 0.227 e. The third-order valence-electron chi connectivity index (χ3n) is 4.73. The molecular formula is C21H20N2OS. The Bertz CT molecular complexity index is 870. The summed E-state index contributed by atoms with van der Waals surface area (Å²) in [5.41, 5.74) is 4.40. The molecule has 1 atom stereocenters. The zero-order valence-corrected chi connectivity index (χ0v) is 15.0. The number of carbonyl (C=O) groups excluding carboxylic acids is 1. The summed E-state index contributed by atoms with van der Waals surface area (Å²) in [6, 6.07) is 16.5. The second kappa shape index (κ2) is 6.81. The first-order valence-corrected chi connectivity index (χ1v) is 9.42. The van der Waals surface area contributed by atoms with Crippen molar-refractivity contribution in [2.75, 3.05) is 6.54 Å². The molecule has 0 spiro atoms. The van der Waals surface area contributed by atoms with Gasteiger partial charge in [-0.1, -0.05) is 36.4 Å². The lowest BCUT2D eigenvalue weighted by Gasteiger charge is -2.36. The first kappa shape index (κ1) is 16.0. The normalized spacial score (nSPS) is 16.5. The Balaban J connectivity index is 1.65. The molecule has 3 heterocycles. The van der Waals surface area contributed by atoms with Gasteiger partial charge in [0.15, 0.2) is 0 Å². The van der Waals surface area contributed by atoms with Gasteiger partial charge >= 0.3 is 0 Å². The van der Waals surface area contributed by atoms with Crippen LogP contribution >= 0.6 is 11.3 Å². The maximum absolute atomic E-state index is 13.1. The molecule has 4 rings (SSSR count). The highest BCUT2D eigenvalue weighted by Gasteiger charge is 2.32. The Morgan fingerprint density at radius 1 is 1.20 bits per heavy atom. The van der Waals surface area contributed by atoms with Crippen LogP contribution in [-0.4, -0.2) is 22.3 Å². The van der Waals surface area contributed by atoms with Crippen molar-refractivity contribution in [3.63, 3.8) is 0 Å². The fourth-order valence-corrected chi connectivity index (χ4v) is 4.36. The number of aromatic nitrogens is 1. The molecule has 0 aliphatic carbocycles. The molecule has 3 nitrogen and oxygen atoms in total. The number of benzene rings is 1. The summed E-state index contributed by atoms with van der Waals surface area (Å²) < 4.78 is 0. The molecule has 0 bridgehead atoms. The molecule has 1 aliphatic heterocycles. The molecule has 0 N–H and O–H groups in total. The van der Waals surface area contributed by atoms with Crippen LogP contribution in [0, 0.1) is 6.92 Å². The van der Waals surface area contributed by atoms with E-state index >= 15 is 0 Å². The lowest BCUT2D eigenvalue weighted by Crippen LogP contribution is -2.40. The number of aryl methyl sites for hydroxylation is 1. The van der Waals surface area contributed by atoms with Crippen molar-refractivity contribution in [1.29, 1.82) is 0 Å². The number of hydrogen-bond donors (Lipinski definition) is 0. The third-order valence-corrected chi connectivity index (χ3v) is 5.73. The van der Waals surface area contributed by atoms with E-state index in [2.05, 4.69) is 28.6 Å². The average molecular weight is 348 g/mol. The minimum absolute atomic E-state index is 0.0158. The fraction of sp³-hybridized carbons (Fsp3) is 0.238.